The summed E-state index contributed by atoms with van der Waals surface area (Å²) in [6.07, 6.45) is 5.15. The molecule has 1 aromatic rings. The van der Waals surface area contributed by atoms with E-state index in [2.05, 4.69) is 11.8 Å². The lowest BCUT2D eigenvalue weighted by Gasteiger charge is -2.41. The molecule has 6 heteroatoms. The molecule has 0 N–H and O–H groups in total. The Balaban J connectivity index is 1.62. The van der Waals surface area contributed by atoms with Crippen molar-refractivity contribution >= 4 is 10.0 Å². The highest BCUT2D eigenvalue weighted by Crippen LogP contribution is 2.29. The van der Waals surface area contributed by atoms with Crippen molar-refractivity contribution < 1.29 is 13.2 Å². The Morgan fingerprint density at radius 2 is 1.71 bits per heavy atom. The van der Waals surface area contributed by atoms with E-state index in [-0.39, 0.29) is 0 Å². The molecule has 0 radical (unpaired) electrons. The van der Waals surface area contributed by atoms with Crippen LogP contribution in [-0.4, -0.2) is 57.0 Å². The smallest absolute Gasteiger partial charge is 0.243 e. The summed E-state index contributed by atoms with van der Waals surface area (Å²) in [6, 6.07) is 7.30. The summed E-state index contributed by atoms with van der Waals surface area (Å²) < 4.78 is 32.3. The number of rotatable bonds is 4. The number of hydrogen-bond donors (Lipinski definition) is 0. The van der Waals surface area contributed by atoms with Gasteiger partial charge in [0.2, 0.25) is 10.0 Å². The van der Waals surface area contributed by atoms with Gasteiger partial charge in [-0.3, -0.25) is 4.90 Å². The average Bonchev–Trinajstić information content (AvgIpc) is 2.62. The Kier molecular flexibility index (Phi) is 5.47. The molecule has 1 saturated carbocycles. The number of benzene rings is 1. The minimum Gasteiger partial charge on any atom is -0.497 e. The van der Waals surface area contributed by atoms with Gasteiger partial charge in [-0.2, -0.15) is 4.31 Å². The van der Waals surface area contributed by atoms with E-state index in [1.165, 1.54) is 25.7 Å². The van der Waals surface area contributed by atoms with Gasteiger partial charge < -0.3 is 4.74 Å². The Morgan fingerprint density at radius 3 is 2.29 bits per heavy atom. The number of piperazine rings is 1. The third kappa shape index (κ3) is 3.76. The summed E-state index contributed by atoms with van der Waals surface area (Å²) in [7, 11) is -1.82. The van der Waals surface area contributed by atoms with Crippen LogP contribution in [0.1, 0.15) is 32.6 Å². The molecule has 3 rings (SSSR count). The summed E-state index contributed by atoms with van der Waals surface area (Å²) in [5.41, 5.74) is 0. The minimum absolute atomic E-state index is 0.350. The van der Waals surface area contributed by atoms with Gasteiger partial charge >= 0.3 is 0 Å². The van der Waals surface area contributed by atoms with E-state index in [4.69, 9.17) is 4.74 Å². The molecule has 2 aliphatic rings. The van der Waals surface area contributed by atoms with Crippen molar-refractivity contribution in [2.45, 2.75) is 43.5 Å². The van der Waals surface area contributed by atoms with Gasteiger partial charge in [-0.15, -0.1) is 0 Å². The number of methoxy groups -OCH3 is 1. The third-order valence-corrected chi connectivity index (χ3v) is 7.31. The first-order chi connectivity index (χ1) is 11.5. The van der Waals surface area contributed by atoms with E-state index in [0.29, 0.717) is 29.8 Å². The predicted octanol–water partition coefficient (Wildman–Crippen LogP) is 2.58. The fourth-order valence-corrected chi connectivity index (χ4v) is 5.36. The molecule has 24 heavy (non-hydrogen) atoms. The molecule has 1 saturated heterocycles. The molecule has 1 aromatic carbocycles. The lowest BCUT2D eigenvalue weighted by Crippen LogP contribution is -2.52. The molecule has 5 nitrogen and oxygen atoms in total. The van der Waals surface area contributed by atoms with E-state index in [1.54, 1.807) is 35.7 Å². The fraction of sp³-hybridized carbons (Fsp3) is 0.667. The number of hydrogen-bond acceptors (Lipinski definition) is 4. The van der Waals surface area contributed by atoms with Crippen LogP contribution in [0.5, 0.6) is 5.75 Å². The molecule has 0 amide bonds. The third-order valence-electron chi connectivity index (χ3n) is 5.40. The number of sulfonamides is 1. The molecule has 2 atom stereocenters. The molecule has 0 bridgehead atoms. The summed E-state index contributed by atoms with van der Waals surface area (Å²) in [6.45, 7) is 5.18. The fourth-order valence-electron chi connectivity index (χ4n) is 3.94. The van der Waals surface area contributed by atoms with Gasteiger partial charge in [0.25, 0.3) is 0 Å². The highest BCUT2D eigenvalue weighted by Gasteiger charge is 2.32. The van der Waals surface area contributed by atoms with Crippen LogP contribution in [0.15, 0.2) is 29.2 Å². The maximum Gasteiger partial charge on any atom is 0.243 e. The minimum atomic E-state index is -3.40. The van der Waals surface area contributed by atoms with Crippen molar-refractivity contribution in [2.75, 3.05) is 33.3 Å². The maximum absolute atomic E-state index is 12.8. The quantitative estimate of drug-likeness (QED) is 0.836. The van der Waals surface area contributed by atoms with Gasteiger partial charge in [0.1, 0.15) is 5.75 Å². The monoisotopic (exact) mass is 352 g/mol. The van der Waals surface area contributed by atoms with Crippen molar-refractivity contribution in [1.29, 1.82) is 0 Å². The normalized spacial score (nSPS) is 27.1. The van der Waals surface area contributed by atoms with E-state index in [9.17, 15) is 8.42 Å². The zero-order valence-electron chi connectivity index (χ0n) is 14.6. The lowest BCUT2D eigenvalue weighted by atomic mass is 9.86. The standard InChI is InChI=1S/C18H28N2O3S/c1-15-4-3-5-16(14-15)19-10-12-20(13-11-19)24(21,22)18-8-6-17(23-2)7-9-18/h6-9,15-16H,3-5,10-14H2,1-2H3/t15-,16+/m1/s1. The van der Waals surface area contributed by atoms with Gasteiger partial charge in [-0.25, -0.2) is 8.42 Å². The first-order valence-corrected chi connectivity index (χ1v) is 10.3. The van der Waals surface area contributed by atoms with Crippen LogP contribution in [0.4, 0.5) is 0 Å². The summed E-state index contributed by atoms with van der Waals surface area (Å²) >= 11 is 0. The topological polar surface area (TPSA) is 49.9 Å². The summed E-state index contributed by atoms with van der Waals surface area (Å²) in [5, 5.41) is 0. The van der Waals surface area contributed by atoms with Crippen LogP contribution in [-0.2, 0) is 10.0 Å². The van der Waals surface area contributed by atoms with Crippen molar-refractivity contribution in [2.24, 2.45) is 5.92 Å². The Labute approximate surface area is 145 Å². The molecular formula is C18H28N2O3S. The summed E-state index contributed by atoms with van der Waals surface area (Å²) in [4.78, 5) is 2.85. The van der Waals surface area contributed by atoms with Crippen LogP contribution in [0.3, 0.4) is 0 Å². The first kappa shape index (κ1) is 17.7. The van der Waals surface area contributed by atoms with E-state index < -0.39 is 10.0 Å². The van der Waals surface area contributed by atoms with Crippen molar-refractivity contribution in [3.63, 3.8) is 0 Å². The molecule has 1 aliphatic carbocycles. The Morgan fingerprint density at radius 1 is 1.04 bits per heavy atom. The maximum atomic E-state index is 12.8. The molecule has 1 aliphatic heterocycles. The van der Waals surface area contributed by atoms with E-state index >= 15 is 0 Å². The second-order valence-electron chi connectivity index (χ2n) is 7.04. The molecule has 0 aromatic heterocycles. The second kappa shape index (κ2) is 7.42. The van der Waals surface area contributed by atoms with Gasteiger partial charge in [0, 0.05) is 32.2 Å². The number of nitrogens with zero attached hydrogens (tertiary/aromatic N) is 2. The highest BCUT2D eigenvalue weighted by atomic mass is 32.2. The largest absolute Gasteiger partial charge is 0.497 e. The van der Waals surface area contributed by atoms with Gasteiger partial charge in [-0.1, -0.05) is 19.8 Å². The molecule has 134 valence electrons. The molecule has 1 heterocycles. The molecule has 0 spiro atoms. The number of ether oxygens (including phenoxy) is 1. The van der Waals surface area contributed by atoms with Crippen LogP contribution < -0.4 is 4.74 Å². The van der Waals surface area contributed by atoms with Crippen molar-refractivity contribution in [3.8, 4) is 5.75 Å². The van der Waals surface area contributed by atoms with E-state index in [0.717, 1.165) is 19.0 Å². The molecule has 2 fully saturated rings. The van der Waals surface area contributed by atoms with Crippen LogP contribution in [0.25, 0.3) is 0 Å². The van der Waals surface area contributed by atoms with Gasteiger partial charge in [0.15, 0.2) is 0 Å². The average molecular weight is 353 g/mol. The van der Waals surface area contributed by atoms with E-state index in [1.807, 2.05) is 0 Å². The second-order valence-corrected chi connectivity index (χ2v) is 8.98. The zero-order chi connectivity index (χ0) is 17.2. The van der Waals surface area contributed by atoms with Gasteiger partial charge in [0.05, 0.1) is 12.0 Å². The zero-order valence-corrected chi connectivity index (χ0v) is 15.5. The Bertz CT molecular complexity index is 637. The SMILES string of the molecule is COc1ccc(S(=O)(=O)N2CCN([C@H]3CCC[C@@H](C)C3)CC2)cc1. The predicted molar refractivity (Wildman–Crippen MR) is 94.7 cm³/mol. The Hall–Kier alpha value is -1.11. The summed E-state index contributed by atoms with van der Waals surface area (Å²) in [5.74, 6) is 1.47. The first-order valence-electron chi connectivity index (χ1n) is 8.89. The highest BCUT2D eigenvalue weighted by molar-refractivity contribution is 7.89. The van der Waals surface area contributed by atoms with Crippen LogP contribution in [0.2, 0.25) is 0 Å². The lowest BCUT2D eigenvalue weighted by molar-refractivity contribution is 0.0967. The molecular weight excluding hydrogens is 324 g/mol. The van der Waals surface area contributed by atoms with Crippen molar-refractivity contribution in [1.82, 2.24) is 9.21 Å². The molecule has 0 unspecified atom stereocenters. The van der Waals surface area contributed by atoms with Gasteiger partial charge in [-0.05, 0) is 43.0 Å². The van der Waals surface area contributed by atoms with Crippen LogP contribution >= 0.6 is 0 Å². The van der Waals surface area contributed by atoms with Crippen molar-refractivity contribution in [3.05, 3.63) is 24.3 Å². The van der Waals surface area contributed by atoms with Crippen LogP contribution in [0, 0.1) is 5.92 Å².